The maximum absolute atomic E-state index is 10.3. The summed E-state index contributed by atoms with van der Waals surface area (Å²) in [4.78, 5) is 10.3. The third kappa shape index (κ3) is 9.19. The normalized spacial score (nSPS) is 11.1. The number of hydrogen-bond acceptors (Lipinski definition) is 2. The van der Waals surface area contributed by atoms with Crippen molar-refractivity contribution in [2.75, 3.05) is 0 Å². The van der Waals surface area contributed by atoms with Crippen LogP contribution in [-0.2, 0) is 4.79 Å². The summed E-state index contributed by atoms with van der Waals surface area (Å²) in [5, 5.41) is 8.43. The van der Waals surface area contributed by atoms with Gasteiger partial charge in [-0.3, -0.25) is 4.79 Å². The summed E-state index contributed by atoms with van der Waals surface area (Å²) in [6.07, 6.45) is 9.12. The van der Waals surface area contributed by atoms with Gasteiger partial charge in [0.25, 0.3) is 0 Å². The van der Waals surface area contributed by atoms with E-state index in [0.29, 0.717) is 6.42 Å². The molecule has 0 rings (SSSR count). The second-order valence-corrected chi connectivity index (χ2v) is 2.75. The van der Waals surface area contributed by atoms with Gasteiger partial charge in [-0.1, -0.05) is 12.8 Å². The summed E-state index contributed by atoms with van der Waals surface area (Å²) in [7, 11) is 0. The molecule has 76 valence electrons. The Morgan fingerprint density at radius 2 is 2.08 bits per heavy atom. The molecule has 0 aromatic carbocycles. The van der Waals surface area contributed by atoms with E-state index in [1.165, 1.54) is 0 Å². The van der Waals surface area contributed by atoms with Crippen molar-refractivity contribution in [1.82, 2.24) is 0 Å². The van der Waals surface area contributed by atoms with Crippen molar-refractivity contribution >= 4 is 18.4 Å². The quantitative estimate of drug-likeness (QED) is 0.509. The lowest BCUT2D eigenvalue weighted by Crippen LogP contribution is -2.29. The molecule has 0 saturated carbocycles. The van der Waals surface area contributed by atoms with Crippen molar-refractivity contribution in [2.24, 2.45) is 5.73 Å². The number of carboxylic acids is 1. The van der Waals surface area contributed by atoms with Crippen LogP contribution in [0.1, 0.15) is 32.1 Å². The molecule has 0 bridgehead atoms. The van der Waals surface area contributed by atoms with Crippen molar-refractivity contribution in [1.29, 1.82) is 0 Å². The molecule has 0 aromatic heterocycles. The van der Waals surface area contributed by atoms with E-state index in [9.17, 15) is 4.79 Å². The van der Waals surface area contributed by atoms with Gasteiger partial charge in [0.1, 0.15) is 6.04 Å². The van der Waals surface area contributed by atoms with Crippen LogP contribution in [0.15, 0.2) is 0 Å². The molecular formula is C9H16ClNO2. The molecule has 1 atom stereocenters. The summed E-state index contributed by atoms with van der Waals surface area (Å²) in [5.74, 6) is 1.61. The smallest absolute Gasteiger partial charge is 0.320 e. The lowest BCUT2D eigenvalue weighted by atomic mass is 10.1. The molecule has 0 aliphatic carbocycles. The molecule has 0 spiro atoms. The molecule has 13 heavy (non-hydrogen) atoms. The number of halogens is 1. The topological polar surface area (TPSA) is 63.3 Å². The van der Waals surface area contributed by atoms with E-state index in [2.05, 4.69) is 5.92 Å². The summed E-state index contributed by atoms with van der Waals surface area (Å²) >= 11 is 0. The first kappa shape index (κ1) is 14.8. The Hall–Kier alpha value is -0.720. The first-order valence-corrected chi connectivity index (χ1v) is 4.10. The fourth-order valence-corrected chi connectivity index (χ4v) is 0.892. The van der Waals surface area contributed by atoms with E-state index in [4.69, 9.17) is 17.3 Å². The van der Waals surface area contributed by atoms with Gasteiger partial charge in [-0.2, -0.15) is 0 Å². The molecular weight excluding hydrogens is 190 g/mol. The van der Waals surface area contributed by atoms with Crippen molar-refractivity contribution in [3.63, 3.8) is 0 Å². The average molecular weight is 206 g/mol. The lowest BCUT2D eigenvalue weighted by Gasteiger charge is -2.04. The highest BCUT2D eigenvalue weighted by Gasteiger charge is 2.09. The van der Waals surface area contributed by atoms with Crippen LogP contribution in [0.5, 0.6) is 0 Å². The van der Waals surface area contributed by atoms with Gasteiger partial charge >= 0.3 is 5.97 Å². The Balaban J connectivity index is 0. The van der Waals surface area contributed by atoms with E-state index in [1.54, 1.807) is 0 Å². The monoisotopic (exact) mass is 205 g/mol. The number of hydrogen-bond donors (Lipinski definition) is 2. The Bertz CT molecular complexity index is 177. The van der Waals surface area contributed by atoms with E-state index in [0.717, 1.165) is 25.7 Å². The first-order chi connectivity index (χ1) is 5.68. The van der Waals surface area contributed by atoms with Crippen molar-refractivity contribution in [3.8, 4) is 12.3 Å². The number of unbranched alkanes of at least 4 members (excludes halogenated alkanes) is 3. The number of carbonyl (C=O) groups is 1. The van der Waals surface area contributed by atoms with E-state index in [1.807, 2.05) is 0 Å². The van der Waals surface area contributed by atoms with Gasteiger partial charge < -0.3 is 10.8 Å². The molecule has 3 nitrogen and oxygen atoms in total. The van der Waals surface area contributed by atoms with Crippen molar-refractivity contribution in [3.05, 3.63) is 0 Å². The van der Waals surface area contributed by atoms with Crippen LogP contribution in [0.25, 0.3) is 0 Å². The molecule has 3 N–H and O–H groups in total. The summed E-state index contributed by atoms with van der Waals surface area (Å²) in [6, 6.07) is -0.712. The number of terminal acetylenes is 1. The minimum Gasteiger partial charge on any atom is -0.480 e. The molecule has 0 aromatic rings. The van der Waals surface area contributed by atoms with Gasteiger partial charge in [-0.05, 0) is 12.8 Å². The third-order valence-electron chi connectivity index (χ3n) is 1.65. The van der Waals surface area contributed by atoms with Gasteiger partial charge in [0.15, 0.2) is 0 Å². The second-order valence-electron chi connectivity index (χ2n) is 2.75. The van der Waals surface area contributed by atoms with Gasteiger partial charge in [-0.15, -0.1) is 24.8 Å². The summed E-state index contributed by atoms with van der Waals surface area (Å²) < 4.78 is 0. The highest BCUT2D eigenvalue weighted by Crippen LogP contribution is 2.04. The van der Waals surface area contributed by atoms with Crippen LogP contribution >= 0.6 is 12.4 Å². The molecule has 0 amide bonds. The Morgan fingerprint density at radius 1 is 1.46 bits per heavy atom. The SMILES string of the molecule is C#CCCCCCC(N)C(=O)O.Cl. The Morgan fingerprint density at radius 3 is 2.54 bits per heavy atom. The van der Waals surface area contributed by atoms with Crippen LogP contribution in [0.2, 0.25) is 0 Å². The maximum atomic E-state index is 10.3. The van der Waals surface area contributed by atoms with Crippen LogP contribution in [-0.4, -0.2) is 17.1 Å². The molecule has 4 heteroatoms. The van der Waals surface area contributed by atoms with E-state index in [-0.39, 0.29) is 12.4 Å². The Kier molecular flexibility index (Phi) is 10.7. The first-order valence-electron chi connectivity index (χ1n) is 4.10. The summed E-state index contributed by atoms with van der Waals surface area (Å²) in [6.45, 7) is 0. The molecule has 0 fully saturated rings. The molecule has 0 aliphatic rings. The van der Waals surface area contributed by atoms with Crippen LogP contribution in [0, 0.1) is 12.3 Å². The van der Waals surface area contributed by atoms with E-state index >= 15 is 0 Å². The highest BCUT2D eigenvalue weighted by molar-refractivity contribution is 5.85. The second kappa shape index (κ2) is 9.37. The zero-order valence-corrected chi connectivity index (χ0v) is 8.35. The van der Waals surface area contributed by atoms with Gasteiger partial charge in [0, 0.05) is 6.42 Å². The zero-order chi connectivity index (χ0) is 9.40. The number of rotatable bonds is 6. The lowest BCUT2D eigenvalue weighted by molar-refractivity contribution is -0.138. The highest BCUT2D eigenvalue weighted by atomic mass is 35.5. The number of carboxylic acid groups (broad SMARTS) is 1. The van der Waals surface area contributed by atoms with Gasteiger partial charge in [0.2, 0.25) is 0 Å². The van der Waals surface area contributed by atoms with Crippen molar-refractivity contribution in [2.45, 2.75) is 38.1 Å². The fraction of sp³-hybridized carbons (Fsp3) is 0.667. The number of nitrogens with two attached hydrogens (primary N) is 1. The predicted molar refractivity (Wildman–Crippen MR) is 54.8 cm³/mol. The van der Waals surface area contributed by atoms with E-state index < -0.39 is 12.0 Å². The molecule has 1 unspecified atom stereocenters. The average Bonchev–Trinajstić information content (AvgIpc) is 2.03. The largest absolute Gasteiger partial charge is 0.480 e. The van der Waals surface area contributed by atoms with Crippen LogP contribution in [0.4, 0.5) is 0 Å². The third-order valence-corrected chi connectivity index (χ3v) is 1.65. The minimum absolute atomic E-state index is 0. The maximum Gasteiger partial charge on any atom is 0.320 e. The Labute approximate surface area is 85.1 Å². The zero-order valence-electron chi connectivity index (χ0n) is 7.53. The molecule has 0 radical (unpaired) electrons. The standard InChI is InChI=1S/C9H15NO2.ClH/c1-2-3-4-5-6-7-8(10)9(11)12;/h1,8H,3-7,10H2,(H,11,12);1H. The van der Waals surface area contributed by atoms with Gasteiger partial charge in [0.05, 0.1) is 0 Å². The van der Waals surface area contributed by atoms with Crippen LogP contribution < -0.4 is 5.73 Å². The molecule has 0 aliphatic heterocycles. The molecule has 0 saturated heterocycles. The van der Waals surface area contributed by atoms with Crippen LogP contribution in [0.3, 0.4) is 0 Å². The minimum atomic E-state index is -0.924. The van der Waals surface area contributed by atoms with Crippen molar-refractivity contribution < 1.29 is 9.90 Å². The molecule has 0 heterocycles. The summed E-state index contributed by atoms with van der Waals surface area (Å²) in [5.41, 5.74) is 5.29. The predicted octanol–water partition coefficient (Wildman–Crippen LogP) is 1.40. The van der Waals surface area contributed by atoms with Gasteiger partial charge in [-0.25, -0.2) is 0 Å². The fourth-order valence-electron chi connectivity index (χ4n) is 0.892. The number of aliphatic carboxylic acids is 1.